The lowest BCUT2D eigenvalue weighted by atomic mass is 9.95. The van der Waals surface area contributed by atoms with Crippen molar-refractivity contribution in [1.82, 2.24) is 9.80 Å². The first kappa shape index (κ1) is 23.3. The predicted octanol–water partition coefficient (Wildman–Crippen LogP) is 4.01. The molecule has 1 aliphatic heterocycles. The Morgan fingerprint density at radius 1 is 1.16 bits per heavy atom. The number of hydrogen-bond donors (Lipinski definition) is 1. The number of aliphatic hydroxyl groups is 1. The zero-order valence-corrected chi connectivity index (χ0v) is 18.8. The topological polar surface area (TPSA) is 70.1 Å². The van der Waals surface area contributed by atoms with Gasteiger partial charge in [-0.2, -0.15) is 0 Å². The summed E-state index contributed by atoms with van der Waals surface area (Å²) in [5.41, 5.74) is 1.68. The van der Waals surface area contributed by atoms with E-state index in [0.29, 0.717) is 25.4 Å². The number of carbonyl (C=O) groups excluding carboxylic acids is 2. The first-order valence-corrected chi connectivity index (χ1v) is 10.8. The van der Waals surface area contributed by atoms with Gasteiger partial charge in [-0.25, -0.2) is 0 Å². The molecule has 0 fully saturated rings. The summed E-state index contributed by atoms with van der Waals surface area (Å²) in [6, 6.07) is 16.1. The van der Waals surface area contributed by atoms with E-state index in [1.807, 2.05) is 80.5 Å². The second kappa shape index (κ2) is 10.8. The van der Waals surface area contributed by atoms with Crippen molar-refractivity contribution in [2.24, 2.45) is 0 Å². The van der Waals surface area contributed by atoms with Gasteiger partial charge in [0.05, 0.1) is 18.2 Å². The van der Waals surface area contributed by atoms with Gasteiger partial charge in [0.25, 0.3) is 5.91 Å². The highest BCUT2D eigenvalue weighted by atomic mass is 16.5. The van der Waals surface area contributed by atoms with Gasteiger partial charge in [0, 0.05) is 13.1 Å². The maximum atomic E-state index is 13.2. The van der Waals surface area contributed by atoms with Crippen molar-refractivity contribution in [2.45, 2.75) is 19.4 Å². The Bertz CT molecular complexity index is 1010. The molecular formula is C26H30N2O4. The Morgan fingerprint density at radius 3 is 2.59 bits per heavy atom. The largest absolute Gasteiger partial charge is 0.503 e. The van der Waals surface area contributed by atoms with E-state index in [1.165, 1.54) is 6.08 Å². The number of likely N-dealkylation sites (N-methyl/N-ethyl adjacent to an activating group) is 1. The number of benzene rings is 2. The van der Waals surface area contributed by atoms with Crippen LogP contribution in [-0.4, -0.2) is 60.4 Å². The number of allylic oxidation sites excluding steroid dienone is 1. The smallest absolute Gasteiger partial charge is 0.290 e. The minimum absolute atomic E-state index is 0.0913. The highest BCUT2D eigenvalue weighted by Gasteiger charge is 2.42. The van der Waals surface area contributed by atoms with Gasteiger partial charge in [0.2, 0.25) is 0 Å². The SMILES string of the molecule is CCCOc1cccc(C2C(C(=O)/C=C/c3ccccc3)=C(O)C(=O)N2CCN(C)C)c1. The maximum absolute atomic E-state index is 13.2. The Kier molecular flexibility index (Phi) is 7.84. The van der Waals surface area contributed by atoms with Crippen molar-refractivity contribution >= 4 is 17.8 Å². The van der Waals surface area contributed by atoms with Crippen molar-refractivity contribution < 1.29 is 19.4 Å². The summed E-state index contributed by atoms with van der Waals surface area (Å²) >= 11 is 0. The summed E-state index contributed by atoms with van der Waals surface area (Å²) in [5, 5.41) is 10.7. The average Bonchev–Trinajstić information content (AvgIpc) is 3.05. The van der Waals surface area contributed by atoms with Gasteiger partial charge in [-0.05, 0) is 49.9 Å². The third kappa shape index (κ3) is 5.45. The minimum atomic E-state index is -0.680. The van der Waals surface area contributed by atoms with E-state index in [9.17, 15) is 14.7 Å². The molecule has 1 atom stereocenters. The summed E-state index contributed by atoms with van der Waals surface area (Å²) < 4.78 is 5.75. The molecule has 3 rings (SSSR count). The summed E-state index contributed by atoms with van der Waals surface area (Å²) in [6.45, 7) is 3.58. The lowest BCUT2D eigenvalue weighted by molar-refractivity contribution is -0.129. The molecule has 0 spiro atoms. The summed E-state index contributed by atoms with van der Waals surface area (Å²) in [5.74, 6) is -0.746. The molecule has 1 amide bonds. The van der Waals surface area contributed by atoms with E-state index in [0.717, 1.165) is 17.5 Å². The van der Waals surface area contributed by atoms with Crippen molar-refractivity contribution in [3.63, 3.8) is 0 Å². The number of aliphatic hydroxyl groups excluding tert-OH is 1. The zero-order valence-electron chi connectivity index (χ0n) is 18.8. The van der Waals surface area contributed by atoms with Crippen molar-refractivity contribution in [2.75, 3.05) is 33.8 Å². The normalized spacial score (nSPS) is 16.4. The highest BCUT2D eigenvalue weighted by Crippen LogP contribution is 2.38. The van der Waals surface area contributed by atoms with Gasteiger partial charge in [-0.15, -0.1) is 0 Å². The molecule has 2 aromatic rings. The van der Waals surface area contributed by atoms with E-state index < -0.39 is 23.5 Å². The molecule has 0 bridgehead atoms. The number of hydrogen-bond acceptors (Lipinski definition) is 5. The first-order chi connectivity index (χ1) is 15.4. The van der Waals surface area contributed by atoms with Crippen LogP contribution < -0.4 is 4.74 Å². The van der Waals surface area contributed by atoms with Crippen LogP contribution in [-0.2, 0) is 9.59 Å². The lowest BCUT2D eigenvalue weighted by Gasteiger charge is -2.28. The van der Waals surface area contributed by atoms with Crippen LogP contribution in [0.15, 0.2) is 72.0 Å². The average molecular weight is 435 g/mol. The minimum Gasteiger partial charge on any atom is -0.503 e. The van der Waals surface area contributed by atoms with Crippen molar-refractivity contribution in [1.29, 1.82) is 0 Å². The molecule has 0 radical (unpaired) electrons. The fraction of sp³-hybridized carbons (Fsp3) is 0.308. The maximum Gasteiger partial charge on any atom is 0.290 e. The zero-order chi connectivity index (χ0) is 23.1. The van der Waals surface area contributed by atoms with E-state index >= 15 is 0 Å². The van der Waals surface area contributed by atoms with Gasteiger partial charge in [0.1, 0.15) is 5.75 Å². The molecule has 6 heteroatoms. The van der Waals surface area contributed by atoms with Crippen LogP contribution in [0.5, 0.6) is 5.75 Å². The molecule has 2 aromatic carbocycles. The number of ketones is 1. The number of nitrogens with zero attached hydrogens (tertiary/aromatic N) is 2. The van der Waals surface area contributed by atoms with Gasteiger partial charge in [0.15, 0.2) is 11.5 Å². The molecule has 6 nitrogen and oxygen atoms in total. The molecule has 168 valence electrons. The lowest BCUT2D eigenvalue weighted by Crippen LogP contribution is -2.36. The standard InChI is InChI=1S/C26H30N2O4/c1-4-17-32-21-12-8-11-20(18-21)24-23(22(29)14-13-19-9-6-5-7-10-19)25(30)26(31)28(24)16-15-27(2)3/h5-14,18,24,30H,4,15-17H2,1-3H3/b14-13+. The van der Waals surface area contributed by atoms with E-state index in [2.05, 4.69) is 0 Å². The van der Waals surface area contributed by atoms with Crippen LogP contribution in [0.1, 0.15) is 30.5 Å². The number of ether oxygens (including phenoxy) is 1. The molecule has 1 N–H and O–H groups in total. The van der Waals surface area contributed by atoms with E-state index in [4.69, 9.17) is 4.74 Å². The van der Waals surface area contributed by atoms with Crippen LogP contribution in [0.2, 0.25) is 0 Å². The van der Waals surface area contributed by atoms with Crippen molar-refractivity contribution in [3.05, 3.63) is 83.1 Å². The highest BCUT2D eigenvalue weighted by molar-refractivity contribution is 6.14. The first-order valence-electron chi connectivity index (χ1n) is 10.8. The molecule has 0 saturated heterocycles. The Labute approximate surface area is 189 Å². The van der Waals surface area contributed by atoms with Crippen LogP contribution in [0.3, 0.4) is 0 Å². The van der Waals surface area contributed by atoms with Gasteiger partial charge < -0.3 is 19.6 Å². The Balaban J connectivity index is 1.97. The van der Waals surface area contributed by atoms with Crippen LogP contribution in [0, 0.1) is 0 Å². The third-order valence-electron chi connectivity index (χ3n) is 5.23. The molecule has 1 unspecified atom stereocenters. The van der Waals surface area contributed by atoms with Gasteiger partial charge in [-0.3, -0.25) is 9.59 Å². The predicted molar refractivity (Wildman–Crippen MR) is 125 cm³/mol. The number of carbonyl (C=O) groups is 2. The molecular weight excluding hydrogens is 404 g/mol. The molecule has 0 saturated carbocycles. The molecule has 0 aromatic heterocycles. The molecule has 1 heterocycles. The van der Waals surface area contributed by atoms with E-state index in [1.54, 1.807) is 11.0 Å². The molecule has 0 aliphatic carbocycles. The Morgan fingerprint density at radius 2 is 1.91 bits per heavy atom. The number of amides is 1. The van der Waals surface area contributed by atoms with Gasteiger partial charge >= 0.3 is 0 Å². The second-order valence-electron chi connectivity index (χ2n) is 8.00. The molecule has 1 aliphatic rings. The van der Waals surface area contributed by atoms with Crippen LogP contribution >= 0.6 is 0 Å². The van der Waals surface area contributed by atoms with Crippen molar-refractivity contribution in [3.8, 4) is 5.75 Å². The summed E-state index contributed by atoms with van der Waals surface area (Å²) in [6.07, 6.45) is 3.97. The van der Waals surface area contributed by atoms with Crippen LogP contribution in [0.25, 0.3) is 6.08 Å². The monoisotopic (exact) mass is 434 g/mol. The van der Waals surface area contributed by atoms with Gasteiger partial charge in [-0.1, -0.05) is 55.5 Å². The van der Waals surface area contributed by atoms with E-state index in [-0.39, 0.29) is 5.57 Å². The number of rotatable bonds is 10. The summed E-state index contributed by atoms with van der Waals surface area (Å²) in [7, 11) is 3.83. The third-order valence-corrected chi connectivity index (χ3v) is 5.23. The fourth-order valence-corrected chi connectivity index (χ4v) is 3.61. The quantitative estimate of drug-likeness (QED) is 0.572. The molecule has 32 heavy (non-hydrogen) atoms. The fourth-order valence-electron chi connectivity index (χ4n) is 3.61. The Hall–Kier alpha value is -3.38. The van der Waals surface area contributed by atoms with Crippen LogP contribution in [0.4, 0.5) is 0 Å². The summed E-state index contributed by atoms with van der Waals surface area (Å²) in [4.78, 5) is 29.6. The second-order valence-corrected chi connectivity index (χ2v) is 8.00.